The van der Waals surface area contributed by atoms with E-state index in [9.17, 15) is 30.6 Å². The molecule has 0 amide bonds. The summed E-state index contributed by atoms with van der Waals surface area (Å²) in [4.78, 5) is 0. The summed E-state index contributed by atoms with van der Waals surface area (Å²) in [5, 5.41) is 59.4. The van der Waals surface area contributed by atoms with Crippen LogP contribution in [0.1, 0.15) is 20.3 Å². The van der Waals surface area contributed by atoms with Gasteiger partial charge in [-0.3, -0.25) is 0 Å². The Morgan fingerprint density at radius 1 is 0.840 bits per heavy atom. The Morgan fingerprint density at radius 2 is 1.52 bits per heavy atom. The molecule has 0 spiro atoms. The number of rotatable bonds is 6. The Hall–Kier alpha value is -0.400. The van der Waals surface area contributed by atoms with Gasteiger partial charge in [0.15, 0.2) is 12.6 Å². The van der Waals surface area contributed by atoms with Crippen molar-refractivity contribution < 1.29 is 49.6 Å². The van der Waals surface area contributed by atoms with Gasteiger partial charge in [-0.15, -0.1) is 0 Å². The zero-order valence-corrected chi connectivity index (χ0v) is 14.2. The zero-order chi connectivity index (χ0) is 18.7. The molecule has 0 saturated carbocycles. The second-order valence-electron chi connectivity index (χ2n) is 6.36. The van der Waals surface area contributed by atoms with Crippen molar-refractivity contribution in [1.82, 2.24) is 0 Å². The Balaban J connectivity index is 2.09. The largest absolute Gasteiger partial charge is 0.394 e. The molecule has 2 fully saturated rings. The normalized spacial score (nSPS) is 48.5. The van der Waals surface area contributed by atoms with E-state index in [0.29, 0.717) is 13.0 Å². The molecule has 25 heavy (non-hydrogen) atoms. The number of ether oxygens (including phenoxy) is 4. The first-order chi connectivity index (χ1) is 11.8. The van der Waals surface area contributed by atoms with E-state index in [-0.39, 0.29) is 0 Å². The molecule has 6 unspecified atom stereocenters. The van der Waals surface area contributed by atoms with Crippen molar-refractivity contribution in [1.29, 1.82) is 0 Å². The zero-order valence-electron chi connectivity index (χ0n) is 14.2. The smallest absolute Gasteiger partial charge is 0.187 e. The van der Waals surface area contributed by atoms with Gasteiger partial charge < -0.3 is 49.6 Å². The van der Waals surface area contributed by atoms with Crippen molar-refractivity contribution in [3.05, 3.63) is 0 Å². The van der Waals surface area contributed by atoms with Crippen LogP contribution in [-0.2, 0) is 18.9 Å². The van der Waals surface area contributed by atoms with Crippen LogP contribution in [-0.4, -0.2) is 105 Å². The second-order valence-corrected chi connectivity index (χ2v) is 6.36. The standard InChI is InChI=1S/C15H28O10/c1-3-4-22-14-12(21)13(8(17)6(2)23-14)25-15-11(20)10(19)9(18)7(5-16)24-15/h6-21H,3-5H2,1-2H3/t6?,7?,8-,9+,10?,11?,12?,13?,14+,15+/m0/s1. The predicted molar refractivity (Wildman–Crippen MR) is 81.2 cm³/mol. The minimum Gasteiger partial charge on any atom is -0.394 e. The highest BCUT2D eigenvalue weighted by atomic mass is 16.7. The molecule has 0 aromatic carbocycles. The van der Waals surface area contributed by atoms with Crippen LogP contribution in [0.5, 0.6) is 0 Å². The van der Waals surface area contributed by atoms with Crippen LogP contribution >= 0.6 is 0 Å². The quantitative estimate of drug-likeness (QED) is 0.286. The molecule has 0 radical (unpaired) electrons. The van der Waals surface area contributed by atoms with Crippen molar-refractivity contribution in [2.45, 2.75) is 81.7 Å². The Morgan fingerprint density at radius 3 is 2.12 bits per heavy atom. The van der Waals surface area contributed by atoms with Gasteiger partial charge in [0.1, 0.15) is 42.7 Å². The van der Waals surface area contributed by atoms with Crippen LogP contribution in [0.3, 0.4) is 0 Å². The highest BCUT2D eigenvalue weighted by molar-refractivity contribution is 4.93. The Labute approximate surface area is 145 Å². The average Bonchev–Trinajstić information content (AvgIpc) is 2.60. The van der Waals surface area contributed by atoms with Crippen LogP contribution in [0.25, 0.3) is 0 Å². The molecule has 0 aliphatic carbocycles. The van der Waals surface area contributed by atoms with Gasteiger partial charge in [-0.2, -0.15) is 0 Å². The molecule has 2 heterocycles. The van der Waals surface area contributed by atoms with Gasteiger partial charge in [-0.1, -0.05) is 6.92 Å². The average molecular weight is 368 g/mol. The predicted octanol–water partition coefficient (Wildman–Crippen LogP) is -2.94. The third-order valence-corrected chi connectivity index (χ3v) is 4.41. The van der Waals surface area contributed by atoms with Crippen LogP contribution in [0.2, 0.25) is 0 Å². The Bertz CT molecular complexity index is 408. The molecular formula is C15H28O10. The van der Waals surface area contributed by atoms with Crippen molar-refractivity contribution >= 4 is 0 Å². The monoisotopic (exact) mass is 368 g/mol. The van der Waals surface area contributed by atoms with Gasteiger partial charge in [0.25, 0.3) is 0 Å². The van der Waals surface area contributed by atoms with Gasteiger partial charge in [0.05, 0.1) is 12.7 Å². The number of hydrogen-bond acceptors (Lipinski definition) is 10. The van der Waals surface area contributed by atoms with E-state index in [1.54, 1.807) is 6.92 Å². The SMILES string of the molecule is CCCO[C@@H]1OC(C)[C@H](O)C(O[C@H]2OC(CO)[C@@H](O)C(O)C2O)C1O. The van der Waals surface area contributed by atoms with Crippen LogP contribution < -0.4 is 0 Å². The summed E-state index contributed by atoms with van der Waals surface area (Å²) in [5.41, 5.74) is 0. The van der Waals surface area contributed by atoms with Crippen LogP contribution in [0, 0.1) is 0 Å². The summed E-state index contributed by atoms with van der Waals surface area (Å²) in [6.45, 7) is 3.18. The van der Waals surface area contributed by atoms with Gasteiger partial charge >= 0.3 is 0 Å². The van der Waals surface area contributed by atoms with Crippen molar-refractivity contribution in [2.24, 2.45) is 0 Å². The molecule has 6 N–H and O–H groups in total. The van der Waals surface area contributed by atoms with Crippen molar-refractivity contribution in [2.75, 3.05) is 13.2 Å². The summed E-state index contributed by atoms with van der Waals surface area (Å²) >= 11 is 0. The first-order valence-corrected chi connectivity index (χ1v) is 8.41. The lowest BCUT2D eigenvalue weighted by Crippen LogP contribution is -2.64. The maximum Gasteiger partial charge on any atom is 0.187 e. The summed E-state index contributed by atoms with van der Waals surface area (Å²) < 4.78 is 21.5. The van der Waals surface area contributed by atoms with Gasteiger partial charge in [0.2, 0.25) is 0 Å². The molecule has 2 rings (SSSR count). The summed E-state index contributed by atoms with van der Waals surface area (Å²) in [6, 6.07) is 0. The minimum atomic E-state index is -1.63. The summed E-state index contributed by atoms with van der Waals surface area (Å²) in [7, 11) is 0. The lowest BCUT2D eigenvalue weighted by Gasteiger charge is -2.45. The van der Waals surface area contributed by atoms with Crippen molar-refractivity contribution in [3.8, 4) is 0 Å². The minimum absolute atomic E-state index is 0.331. The molecule has 2 aliphatic rings. The Kier molecular flexibility index (Phi) is 7.52. The van der Waals surface area contributed by atoms with Crippen molar-refractivity contribution in [3.63, 3.8) is 0 Å². The first kappa shape index (κ1) is 20.9. The molecular weight excluding hydrogens is 340 g/mol. The van der Waals surface area contributed by atoms with E-state index in [1.807, 2.05) is 6.92 Å². The molecule has 0 aromatic heterocycles. The van der Waals surface area contributed by atoms with E-state index < -0.39 is 68.0 Å². The highest BCUT2D eigenvalue weighted by Gasteiger charge is 2.50. The van der Waals surface area contributed by atoms with Gasteiger partial charge in [0, 0.05) is 6.61 Å². The van der Waals surface area contributed by atoms with Crippen LogP contribution in [0.15, 0.2) is 0 Å². The first-order valence-electron chi connectivity index (χ1n) is 8.41. The van der Waals surface area contributed by atoms with E-state index in [4.69, 9.17) is 18.9 Å². The van der Waals surface area contributed by atoms with E-state index in [2.05, 4.69) is 0 Å². The molecule has 0 bridgehead atoms. The lowest BCUT2D eigenvalue weighted by molar-refractivity contribution is -0.357. The fraction of sp³-hybridized carbons (Fsp3) is 1.00. The van der Waals surface area contributed by atoms with E-state index in [0.717, 1.165) is 0 Å². The lowest BCUT2D eigenvalue weighted by atomic mass is 9.97. The molecule has 148 valence electrons. The van der Waals surface area contributed by atoms with Gasteiger partial charge in [-0.05, 0) is 13.3 Å². The third kappa shape index (κ3) is 4.48. The molecule has 10 heteroatoms. The summed E-state index contributed by atoms with van der Waals surface area (Å²) in [6.07, 6.45) is -12.3. The molecule has 10 atom stereocenters. The van der Waals surface area contributed by atoms with E-state index in [1.165, 1.54) is 0 Å². The maximum atomic E-state index is 10.4. The maximum absolute atomic E-state index is 10.4. The third-order valence-electron chi connectivity index (χ3n) is 4.41. The highest BCUT2D eigenvalue weighted by Crippen LogP contribution is 2.29. The molecule has 2 saturated heterocycles. The van der Waals surface area contributed by atoms with Gasteiger partial charge in [-0.25, -0.2) is 0 Å². The number of hydrogen-bond donors (Lipinski definition) is 6. The fourth-order valence-corrected chi connectivity index (χ4v) is 2.86. The second kappa shape index (κ2) is 9.00. The van der Waals surface area contributed by atoms with Crippen LogP contribution in [0.4, 0.5) is 0 Å². The fourth-order valence-electron chi connectivity index (χ4n) is 2.86. The number of aliphatic hydroxyl groups excluding tert-OH is 6. The number of aliphatic hydroxyl groups is 6. The molecule has 10 nitrogen and oxygen atoms in total. The topological polar surface area (TPSA) is 158 Å². The molecule has 0 aromatic rings. The summed E-state index contributed by atoms with van der Waals surface area (Å²) in [5.74, 6) is 0. The van der Waals surface area contributed by atoms with E-state index >= 15 is 0 Å². The molecule has 2 aliphatic heterocycles.